The van der Waals surface area contributed by atoms with Crippen LogP contribution in [-0.4, -0.2) is 17.8 Å². The van der Waals surface area contributed by atoms with Gasteiger partial charge in [-0.2, -0.15) is 0 Å². The Bertz CT molecular complexity index is 542. The van der Waals surface area contributed by atoms with Gasteiger partial charge in [-0.3, -0.25) is 0 Å². The van der Waals surface area contributed by atoms with Crippen molar-refractivity contribution in [1.82, 2.24) is 0 Å². The molecule has 0 spiro atoms. The normalized spacial score (nSPS) is 50.4. The fraction of sp³-hybridized carbons (Fsp3) is 0.913. The van der Waals surface area contributed by atoms with Gasteiger partial charge in [-0.05, 0) is 105 Å². The van der Waals surface area contributed by atoms with Gasteiger partial charge < -0.3 is 10.8 Å². The van der Waals surface area contributed by atoms with Crippen molar-refractivity contribution in [2.24, 2.45) is 46.2 Å². The Kier molecular flexibility index (Phi) is 4.60. The third kappa shape index (κ3) is 2.65. The molecular formula is C23H39NO. The van der Waals surface area contributed by atoms with Crippen LogP contribution in [0.4, 0.5) is 0 Å². The third-order valence-electron chi connectivity index (χ3n) is 9.46. The fourth-order valence-corrected chi connectivity index (χ4v) is 8.08. The molecule has 0 aromatic rings. The molecular weight excluding hydrogens is 306 g/mol. The van der Waals surface area contributed by atoms with Crippen LogP contribution in [0.15, 0.2) is 11.6 Å². The Labute approximate surface area is 154 Å². The Hall–Kier alpha value is -0.340. The largest absolute Gasteiger partial charge is 0.393 e. The average Bonchev–Trinajstić information content (AvgIpc) is 2.93. The van der Waals surface area contributed by atoms with Crippen molar-refractivity contribution in [3.63, 3.8) is 0 Å². The van der Waals surface area contributed by atoms with Crippen molar-refractivity contribution in [3.8, 4) is 0 Å². The van der Waals surface area contributed by atoms with E-state index in [4.69, 9.17) is 5.73 Å². The first-order valence-corrected chi connectivity index (χ1v) is 11.0. The number of hydrogen-bond donors (Lipinski definition) is 2. The second kappa shape index (κ2) is 6.37. The summed E-state index contributed by atoms with van der Waals surface area (Å²) in [6.45, 7) is 8.47. The number of allylic oxidation sites excluding steroid dienone is 1. The van der Waals surface area contributed by atoms with E-state index in [0.29, 0.717) is 10.8 Å². The quantitative estimate of drug-likeness (QED) is 0.714. The highest BCUT2D eigenvalue weighted by molar-refractivity contribution is 5.25. The van der Waals surface area contributed by atoms with E-state index in [1.165, 1.54) is 44.9 Å². The molecule has 3 fully saturated rings. The van der Waals surface area contributed by atoms with E-state index in [1.807, 2.05) is 0 Å². The maximum atomic E-state index is 10.1. The molecule has 3 N–H and O–H groups in total. The molecule has 4 rings (SSSR count). The lowest BCUT2D eigenvalue weighted by Crippen LogP contribution is -2.50. The van der Waals surface area contributed by atoms with Crippen LogP contribution in [0.2, 0.25) is 0 Å². The van der Waals surface area contributed by atoms with Gasteiger partial charge in [-0.15, -0.1) is 0 Å². The van der Waals surface area contributed by atoms with Crippen LogP contribution in [0.25, 0.3) is 0 Å². The molecule has 2 nitrogen and oxygen atoms in total. The van der Waals surface area contributed by atoms with Crippen molar-refractivity contribution < 1.29 is 5.11 Å². The van der Waals surface area contributed by atoms with Crippen LogP contribution in [0.1, 0.15) is 78.6 Å². The minimum atomic E-state index is -0.0855. The number of aliphatic hydroxyl groups is 1. The van der Waals surface area contributed by atoms with Crippen molar-refractivity contribution in [2.45, 2.75) is 84.7 Å². The molecule has 0 unspecified atom stereocenters. The molecule has 0 saturated heterocycles. The zero-order chi connectivity index (χ0) is 17.8. The van der Waals surface area contributed by atoms with Gasteiger partial charge in [0, 0.05) is 0 Å². The van der Waals surface area contributed by atoms with Crippen LogP contribution in [-0.2, 0) is 0 Å². The van der Waals surface area contributed by atoms with Gasteiger partial charge in [0.2, 0.25) is 0 Å². The molecule has 0 amide bonds. The summed E-state index contributed by atoms with van der Waals surface area (Å²) in [5, 5.41) is 10.1. The zero-order valence-electron chi connectivity index (χ0n) is 16.6. The van der Waals surface area contributed by atoms with Crippen molar-refractivity contribution in [2.75, 3.05) is 6.54 Å². The molecule has 25 heavy (non-hydrogen) atoms. The summed E-state index contributed by atoms with van der Waals surface area (Å²) in [4.78, 5) is 0. The SMILES string of the molecule is C[C@H](CCN)[C@H]1CC[C@H]2[C@@H]3CC=C4C[C@@H](O)CC[C@]4(C)[C@H]3CC[C@]12C. The van der Waals surface area contributed by atoms with Gasteiger partial charge in [0.05, 0.1) is 6.10 Å². The second-order valence-electron chi connectivity index (χ2n) is 10.4. The molecule has 0 aliphatic heterocycles. The Morgan fingerprint density at radius 1 is 1.16 bits per heavy atom. The summed E-state index contributed by atoms with van der Waals surface area (Å²) in [6, 6.07) is 0. The molecule has 0 aromatic heterocycles. The van der Waals surface area contributed by atoms with E-state index in [-0.39, 0.29) is 6.10 Å². The van der Waals surface area contributed by atoms with E-state index < -0.39 is 0 Å². The Balaban J connectivity index is 1.60. The lowest BCUT2D eigenvalue weighted by atomic mass is 9.47. The summed E-state index contributed by atoms with van der Waals surface area (Å²) in [5.41, 5.74) is 8.41. The Morgan fingerprint density at radius 3 is 2.72 bits per heavy atom. The summed E-state index contributed by atoms with van der Waals surface area (Å²) >= 11 is 0. The lowest BCUT2D eigenvalue weighted by molar-refractivity contribution is -0.0570. The van der Waals surface area contributed by atoms with Crippen molar-refractivity contribution >= 4 is 0 Å². The van der Waals surface area contributed by atoms with Crippen molar-refractivity contribution in [1.29, 1.82) is 0 Å². The van der Waals surface area contributed by atoms with Crippen LogP contribution in [0.3, 0.4) is 0 Å². The number of hydrogen-bond acceptors (Lipinski definition) is 2. The highest BCUT2D eigenvalue weighted by atomic mass is 16.3. The third-order valence-corrected chi connectivity index (χ3v) is 9.46. The highest BCUT2D eigenvalue weighted by Gasteiger charge is 2.58. The molecule has 4 aliphatic carbocycles. The van der Waals surface area contributed by atoms with Crippen LogP contribution in [0.5, 0.6) is 0 Å². The maximum absolute atomic E-state index is 10.1. The second-order valence-corrected chi connectivity index (χ2v) is 10.4. The topological polar surface area (TPSA) is 46.2 Å². The highest BCUT2D eigenvalue weighted by Crippen LogP contribution is 2.67. The molecule has 0 bridgehead atoms. The summed E-state index contributed by atoms with van der Waals surface area (Å²) in [5.74, 6) is 4.33. The molecule has 142 valence electrons. The van der Waals surface area contributed by atoms with E-state index in [2.05, 4.69) is 26.8 Å². The summed E-state index contributed by atoms with van der Waals surface area (Å²) in [7, 11) is 0. The first-order valence-electron chi connectivity index (χ1n) is 11.0. The van der Waals surface area contributed by atoms with Gasteiger partial charge >= 0.3 is 0 Å². The summed E-state index contributed by atoms with van der Waals surface area (Å²) < 4.78 is 0. The molecule has 4 aliphatic rings. The average molecular weight is 346 g/mol. The van der Waals surface area contributed by atoms with Crippen LogP contribution < -0.4 is 5.73 Å². The number of nitrogens with two attached hydrogens (primary N) is 1. The van der Waals surface area contributed by atoms with Crippen LogP contribution >= 0.6 is 0 Å². The van der Waals surface area contributed by atoms with Gasteiger partial charge in [0.15, 0.2) is 0 Å². The molecule has 8 atom stereocenters. The minimum Gasteiger partial charge on any atom is -0.393 e. The fourth-order valence-electron chi connectivity index (χ4n) is 8.08. The molecule has 2 heteroatoms. The van der Waals surface area contributed by atoms with Crippen LogP contribution in [0, 0.1) is 40.4 Å². The predicted molar refractivity (Wildman–Crippen MR) is 104 cm³/mol. The van der Waals surface area contributed by atoms with Gasteiger partial charge in [-0.1, -0.05) is 32.4 Å². The first kappa shape index (κ1) is 18.0. The first-order chi connectivity index (χ1) is 11.9. The molecule has 0 aromatic carbocycles. The van der Waals surface area contributed by atoms with Gasteiger partial charge in [-0.25, -0.2) is 0 Å². The van der Waals surface area contributed by atoms with E-state index >= 15 is 0 Å². The van der Waals surface area contributed by atoms with Gasteiger partial charge in [0.1, 0.15) is 0 Å². The molecule has 0 radical (unpaired) electrons. The summed E-state index contributed by atoms with van der Waals surface area (Å²) in [6.07, 6.45) is 13.8. The predicted octanol–water partition coefficient (Wildman–Crippen LogP) is 4.91. The van der Waals surface area contributed by atoms with E-state index in [1.54, 1.807) is 5.57 Å². The lowest BCUT2D eigenvalue weighted by Gasteiger charge is -2.58. The van der Waals surface area contributed by atoms with E-state index in [9.17, 15) is 5.11 Å². The minimum absolute atomic E-state index is 0.0855. The number of rotatable bonds is 3. The standard InChI is InChI=1S/C23H39NO/c1-15(10-13-24)19-6-7-20-18-5-4-16-14-17(25)8-11-22(16,2)21(18)9-12-23(19,20)3/h4,15,17-21,25H,5-14,24H2,1-3H3/t15-,17+,18+,19-,20+,21+,22+,23-/m1/s1. The number of aliphatic hydroxyl groups excluding tert-OH is 1. The van der Waals surface area contributed by atoms with Gasteiger partial charge in [0.25, 0.3) is 0 Å². The van der Waals surface area contributed by atoms with E-state index in [0.717, 1.165) is 49.0 Å². The smallest absolute Gasteiger partial charge is 0.0577 e. The number of fused-ring (bicyclic) bond motifs is 5. The molecule has 3 saturated carbocycles. The van der Waals surface area contributed by atoms with Crippen molar-refractivity contribution in [3.05, 3.63) is 11.6 Å². The monoisotopic (exact) mass is 345 g/mol. The molecule has 0 heterocycles. The Morgan fingerprint density at radius 2 is 1.96 bits per heavy atom. The maximum Gasteiger partial charge on any atom is 0.0577 e. The zero-order valence-corrected chi connectivity index (χ0v) is 16.6.